The molecular formula is C12H24O2. The quantitative estimate of drug-likeness (QED) is 0.668. The van der Waals surface area contributed by atoms with Gasteiger partial charge in [0.15, 0.2) is 0 Å². The third kappa shape index (κ3) is 4.97. The van der Waals surface area contributed by atoms with Crippen LogP contribution in [-0.4, -0.2) is 24.4 Å². The van der Waals surface area contributed by atoms with Crippen LogP contribution < -0.4 is 0 Å². The van der Waals surface area contributed by atoms with Crippen molar-refractivity contribution < 1.29 is 9.84 Å². The molecule has 0 aromatic heterocycles. The molecule has 0 amide bonds. The second-order valence-corrected chi connectivity index (χ2v) is 4.47. The van der Waals surface area contributed by atoms with E-state index in [-0.39, 0.29) is 6.10 Å². The van der Waals surface area contributed by atoms with Crippen molar-refractivity contribution >= 4 is 0 Å². The number of rotatable bonds is 6. The van der Waals surface area contributed by atoms with Crippen LogP contribution in [0.5, 0.6) is 0 Å². The number of hydrogen-bond acceptors (Lipinski definition) is 2. The largest absolute Gasteiger partial charge is 0.391 e. The van der Waals surface area contributed by atoms with Gasteiger partial charge in [0.2, 0.25) is 0 Å². The Balaban J connectivity index is 2.03. The molecule has 0 unspecified atom stereocenters. The molecule has 1 atom stereocenters. The lowest BCUT2D eigenvalue weighted by Crippen LogP contribution is -2.21. The van der Waals surface area contributed by atoms with Gasteiger partial charge in [-0.2, -0.15) is 0 Å². The first kappa shape index (κ1) is 12.0. The molecular weight excluding hydrogens is 176 g/mol. The fourth-order valence-corrected chi connectivity index (χ4v) is 2.24. The van der Waals surface area contributed by atoms with E-state index in [0.29, 0.717) is 6.61 Å². The van der Waals surface area contributed by atoms with E-state index in [0.717, 1.165) is 25.4 Å². The molecule has 2 heteroatoms. The molecule has 2 nitrogen and oxygen atoms in total. The summed E-state index contributed by atoms with van der Waals surface area (Å²) in [6.07, 6.45) is 8.47. The van der Waals surface area contributed by atoms with Crippen LogP contribution in [-0.2, 0) is 4.74 Å². The molecule has 1 aliphatic rings. The lowest BCUT2D eigenvalue weighted by molar-refractivity contribution is 0.0212. The Labute approximate surface area is 87.7 Å². The molecule has 1 saturated carbocycles. The van der Waals surface area contributed by atoms with Crippen LogP contribution in [0.1, 0.15) is 51.9 Å². The number of hydrogen-bond donors (Lipinski definition) is 1. The SMILES string of the molecule is CCCOC[C@@H](O)CC1CCCCC1. The Morgan fingerprint density at radius 2 is 2.00 bits per heavy atom. The van der Waals surface area contributed by atoms with E-state index in [4.69, 9.17) is 4.74 Å². The first-order chi connectivity index (χ1) is 6.83. The maximum Gasteiger partial charge on any atom is 0.0776 e. The maximum atomic E-state index is 9.70. The van der Waals surface area contributed by atoms with Crippen LogP contribution >= 0.6 is 0 Å². The first-order valence-electron chi connectivity index (χ1n) is 6.08. The van der Waals surface area contributed by atoms with Gasteiger partial charge in [0.1, 0.15) is 0 Å². The fraction of sp³-hybridized carbons (Fsp3) is 1.00. The maximum absolute atomic E-state index is 9.70. The summed E-state index contributed by atoms with van der Waals surface area (Å²) in [6.45, 7) is 3.40. The van der Waals surface area contributed by atoms with Gasteiger partial charge in [-0.25, -0.2) is 0 Å². The van der Waals surface area contributed by atoms with Crippen molar-refractivity contribution in [1.82, 2.24) is 0 Å². The van der Waals surface area contributed by atoms with Crippen molar-refractivity contribution in [2.45, 2.75) is 58.0 Å². The van der Waals surface area contributed by atoms with Crippen LogP contribution in [0, 0.1) is 5.92 Å². The number of ether oxygens (including phenoxy) is 1. The predicted molar refractivity (Wildman–Crippen MR) is 58.3 cm³/mol. The third-order valence-electron chi connectivity index (χ3n) is 2.99. The van der Waals surface area contributed by atoms with Gasteiger partial charge in [-0.3, -0.25) is 0 Å². The Hall–Kier alpha value is -0.0800. The Morgan fingerprint density at radius 1 is 1.29 bits per heavy atom. The second kappa shape index (κ2) is 7.24. The number of aliphatic hydroxyl groups excluding tert-OH is 1. The van der Waals surface area contributed by atoms with Crippen molar-refractivity contribution in [3.8, 4) is 0 Å². The van der Waals surface area contributed by atoms with Gasteiger partial charge in [-0.05, 0) is 18.8 Å². The van der Waals surface area contributed by atoms with E-state index in [1.165, 1.54) is 32.1 Å². The van der Waals surface area contributed by atoms with Crippen LogP contribution in [0.4, 0.5) is 0 Å². The molecule has 0 spiro atoms. The monoisotopic (exact) mass is 200 g/mol. The highest BCUT2D eigenvalue weighted by Gasteiger charge is 2.17. The summed E-state index contributed by atoms with van der Waals surface area (Å²) in [5, 5.41) is 9.70. The molecule has 14 heavy (non-hydrogen) atoms. The highest BCUT2D eigenvalue weighted by Crippen LogP contribution is 2.27. The molecule has 0 heterocycles. The van der Waals surface area contributed by atoms with Crippen LogP contribution in [0.15, 0.2) is 0 Å². The summed E-state index contributed by atoms with van der Waals surface area (Å²) in [4.78, 5) is 0. The van der Waals surface area contributed by atoms with Crippen LogP contribution in [0.25, 0.3) is 0 Å². The molecule has 0 saturated heterocycles. The van der Waals surface area contributed by atoms with E-state index in [9.17, 15) is 5.11 Å². The first-order valence-corrected chi connectivity index (χ1v) is 6.08. The lowest BCUT2D eigenvalue weighted by atomic mass is 9.85. The molecule has 0 aromatic rings. The van der Waals surface area contributed by atoms with E-state index >= 15 is 0 Å². The smallest absolute Gasteiger partial charge is 0.0776 e. The van der Waals surface area contributed by atoms with Gasteiger partial charge in [0, 0.05) is 6.61 Å². The molecule has 1 N–H and O–H groups in total. The van der Waals surface area contributed by atoms with Gasteiger partial charge >= 0.3 is 0 Å². The average Bonchev–Trinajstić information content (AvgIpc) is 2.20. The number of aliphatic hydroxyl groups is 1. The molecule has 1 fully saturated rings. The minimum absolute atomic E-state index is 0.232. The van der Waals surface area contributed by atoms with Crippen molar-refractivity contribution in [2.75, 3.05) is 13.2 Å². The van der Waals surface area contributed by atoms with Crippen molar-refractivity contribution in [2.24, 2.45) is 5.92 Å². The molecule has 1 rings (SSSR count). The topological polar surface area (TPSA) is 29.5 Å². The summed E-state index contributed by atoms with van der Waals surface area (Å²) >= 11 is 0. The molecule has 0 bridgehead atoms. The fourth-order valence-electron chi connectivity index (χ4n) is 2.24. The van der Waals surface area contributed by atoms with Gasteiger partial charge in [0.25, 0.3) is 0 Å². The minimum Gasteiger partial charge on any atom is -0.391 e. The highest BCUT2D eigenvalue weighted by molar-refractivity contribution is 4.69. The standard InChI is InChI=1S/C12H24O2/c1-2-8-14-10-12(13)9-11-6-4-3-5-7-11/h11-13H,2-10H2,1H3/t12-/m0/s1. The van der Waals surface area contributed by atoms with Crippen molar-refractivity contribution in [3.05, 3.63) is 0 Å². The Morgan fingerprint density at radius 3 is 2.64 bits per heavy atom. The molecule has 1 aliphatic carbocycles. The normalized spacial score (nSPS) is 21.0. The van der Waals surface area contributed by atoms with Gasteiger partial charge in [-0.1, -0.05) is 39.0 Å². The van der Waals surface area contributed by atoms with Gasteiger partial charge in [-0.15, -0.1) is 0 Å². The Kier molecular flexibility index (Phi) is 6.20. The summed E-state index contributed by atoms with van der Waals surface area (Å²) < 4.78 is 5.34. The Bertz CT molecular complexity index is 130. The molecule has 0 aromatic carbocycles. The van der Waals surface area contributed by atoms with Gasteiger partial charge in [0.05, 0.1) is 12.7 Å². The lowest BCUT2D eigenvalue weighted by Gasteiger charge is -2.23. The van der Waals surface area contributed by atoms with Crippen LogP contribution in [0.3, 0.4) is 0 Å². The average molecular weight is 200 g/mol. The van der Waals surface area contributed by atoms with E-state index in [1.54, 1.807) is 0 Å². The summed E-state index contributed by atoms with van der Waals surface area (Å²) in [5.41, 5.74) is 0. The van der Waals surface area contributed by atoms with E-state index in [1.807, 2.05) is 0 Å². The van der Waals surface area contributed by atoms with Crippen LogP contribution in [0.2, 0.25) is 0 Å². The zero-order valence-corrected chi connectivity index (χ0v) is 9.37. The second-order valence-electron chi connectivity index (χ2n) is 4.47. The van der Waals surface area contributed by atoms with E-state index < -0.39 is 0 Å². The van der Waals surface area contributed by atoms with E-state index in [2.05, 4.69) is 6.92 Å². The van der Waals surface area contributed by atoms with Gasteiger partial charge < -0.3 is 9.84 Å². The third-order valence-corrected chi connectivity index (χ3v) is 2.99. The predicted octanol–water partition coefficient (Wildman–Crippen LogP) is 2.74. The highest BCUT2D eigenvalue weighted by atomic mass is 16.5. The summed E-state index contributed by atoms with van der Waals surface area (Å²) in [6, 6.07) is 0. The zero-order chi connectivity index (χ0) is 10.2. The van der Waals surface area contributed by atoms with Crippen molar-refractivity contribution in [3.63, 3.8) is 0 Å². The summed E-state index contributed by atoms with van der Waals surface area (Å²) in [7, 11) is 0. The summed E-state index contributed by atoms with van der Waals surface area (Å²) in [5.74, 6) is 0.754. The molecule has 84 valence electrons. The minimum atomic E-state index is -0.232. The zero-order valence-electron chi connectivity index (χ0n) is 9.37. The van der Waals surface area contributed by atoms with Crippen molar-refractivity contribution in [1.29, 1.82) is 0 Å². The molecule has 0 aliphatic heterocycles. The molecule has 0 radical (unpaired) electrons.